The van der Waals surface area contributed by atoms with Gasteiger partial charge in [0.05, 0.1) is 6.61 Å². The molecule has 0 aliphatic heterocycles. The lowest BCUT2D eigenvalue weighted by molar-refractivity contribution is -0.114. The van der Waals surface area contributed by atoms with Crippen molar-refractivity contribution in [3.63, 3.8) is 0 Å². The molecule has 0 radical (unpaired) electrons. The molecule has 0 heterocycles. The molecule has 8 heteroatoms. The number of benzene rings is 1. The standard InChI is InChI=1S/C14H18N4O3S/c1-10(19)17-11-4-5-13(21-7-6-20-2)12(8-11)18-14(22-3)16-9-15/h4-5,8H,6-7H2,1-3H3,(H,16,18)(H,17,19). The van der Waals surface area contributed by atoms with Crippen LogP contribution in [0.4, 0.5) is 11.4 Å². The number of aliphatic imine (C=N–C) groups is 1. The van der Waals surface area contributed by atoms with Crippen LogP contribution in [0.1, 0.15) is 6.92 Å². The molecule has 1 rings (SSSR count). The van der Waals surface area contributed by atoms with Gasteiger partial charge in [0.1, 0.15) is 18.0 Å². The Labute approximate surface area is 133 Å². The van der Waals surface area contributed by atoms with Gasteiger partial charge in [-0.25, -0.2) is 4.99 Å². The second kappa shape index (κ2) is 9.65. The van der Waals surface area contributed by atoms with Gasteiger partial charge < -0.3 is 14.8 Å². The number of amides is 1. The molecule has 0 unspecified atom stereocenters. The fraction of sp³-hybridized carbons (Fsp3) is 0.357. The van der Waals surface area contributed by atoms with E-state index in [2.05, 4.69) is 15.6 Å². The van der Waals surface area contributed by atoms with Crippen LogP contribution in [-0.4, -0.2) is 37.7 Å². The SMILES string of the molecule is COCCOc1ccc(NC(C)=O)cc1N=C(NC#N)SC. The first-order valence-corrected chi connectivity index (χ1v) is 7.64. The third-order valence-corrected chi connectivity index (χ3v) is 2.98. The normalized spacial score (nSPS) is 10.7. The first-order chi connectivity index (χ1) is 10.6. The lowest BCUT2D eigenvalue weighted by Crippen LogP contribution is -2.13. The van der Waals surface area contributed by atoms with Crippen molar-refractivity contribution >= 4 is 34.2 Å². The number of rotatable bonds is 6. The number of ether oxygens (including phenoxy) is 2. The number of nitrogens with one attached hydrogen (secondary N) is 2. The third-order valence-electron chi connectivity index (χ3n) is 2.40. The number of methoxy groups -OCH3 is 1. The van der Waals surface area contributed by atoms with Crippen molar-refractivity contribution in [3.05, 3.63) is 18.2 Å². The predicted molar refractivity (Wildman–Crippen MR) is 87.5 cm³/mol. The van der Waals surface area contributed by atoms with Crippen molar-refractivity contribution in [2.24, 2.45) is 4.99 Å². The lowest BCUT2D eigenvalue weighted by atomic mass is 10.2. The van der Waals surface area contributed by atoms with Gasteiger partial charge in [-0.05, 0) is 24.5 Å². The molecule has 1 aromatic rings. The largest absolute Gasteiger partial charge is 0.489 e. The molecule has 118 valence electrons. The Kier molecular flexibility index (Phi) is 7.81. The molecular formula is C14H18N4O3S. The number of hydrogen-bond donors (Lipinski definition) is 2. The molecule has 0 aliphatic carbocycles. The monoisotopic (exact) mass is 322 g/mol. The summed E-state index contributed by atoms with van der Waals surface area (Å²) in [5.41, 5.74) is 1.11. The minimum absolute atomic E-state index is 0.178. The molecule has 22 heavy (non-hydrogen) atoms. The summed E-state index contributed by atoms with van der Waals surface area (Å²) in [7, 11) is 1.59. The molecular weight excluding hydrogens is 304 g/mol. The average Bonchev–Trinajstić information content (AvgIpc) is 2.48. The van der Waals surface area contributed by atoms with E-state index < -0.39 is 0 Å². The summed E-state index contributed by atoms with van der Waals surface area (Å²) >= 11 is 1.29. The van der Waals surface area contributed by atoms with Gasteiger partial charge >= 0.3 is 0 Å². The third kappa shape index (κ3) is 6.03. The van der Waals surface area contributed by atoms with E-state index in [1.54, 1.807) is 31.6 Å². The van der Waals surface area contributed by atoms with E-state index in [1.165, 1.54) is 18.7 Å². The van der Waals surface area contributed by atoms with Crippen LogP contribution in [0, 0.1) is 11.5 Å². The number of nitriles is 1. The smallest absolute Gasteiger partial charge is 0.221 e. The van der Waals surface area contributed by atoms with Crippen LogP contribution >= 0.6 is 11.8 Å². The molecule has 0 aromatic heterocycles. The van der Waals surface area contributed by atoms with Crippen LogP contribution in [0.3, 0.4) is 0 Å². The highest BCUT2D eigenvalue weighted by Gasteiger charge is 2.07. The Balaban J connectivity index is 3.09. The van der Waals surface area contributed by atoms with Gasteiger partial charge in [0, 0.05) is 19.7 Å². The molecule has 0 aliphatic rings. The Bertz CT molecular complexity index is 584. The van der Waals surface area contributed by atoms with Crippen LogP contribution in [0.15, 0.2) is 23.2 Å². The first kappa shape index (κ1) is 17.8. The Morgan fingerprint density at radius 3 is 2.82 bits per heavy atom. The summed E-state index contributed by atoms with van der Waals surface area (Å²) < 4.78 is 10.5. The van der Waals surface area contributed by atoms with E-state index in [0.717, 1.165) is 0 Å². The van der Waals surface area contributed by atoms with Crippen LogP contribution in [0.2, 0.25) is 0 Å². The Hall–Kier alpha value is -2.24. The minimum Gasteiger partial charge on any atom is -0.489 e. The van der Waals surface area contributed by atoms with Gasteiger partial charge in [0.25, 0.3) is 0 Å². The van der Waals surface area contributed by atoms with Gasteiger partial charge in [-0.2, -0.15) is 5.26 Å². The number of carbonyl (C=O) groups is 1. The van der Waals surface area contributed by atoms with Crippen molar-refractivity contribution < 1.29 is 14.3 Å². The zero-order valence-corrected chi connectivity index (χ0v) is 13.5. The Morgan fingerprint density at radius 1 is 1.45 bits per heavy atom. The van der Waals surface area contributed by atoms with Gasteiger partial charge in [0.15, 0.2) is 11.4 Å². The maximum atomic E-state index is 11.1. The van der Waals surface area contributed by atoms with Crippen LogP contribution in [-0.2, 0) is 9.53 Å². The van der Waals surface area contributed by atoms with Crippen molar-refractivity contribution in [1.82, 2.24) is 5.32 Å². The van der Waals surface area contributed by atoms with E-state index in [-0.39, 0.29) is 5.91 Å². The molecule has 0 fully saturated rings. The number of anilines is 1. The molecule has 1 aromatic carbocycles. The van der Waals surface area contributed by atoms with E-state index in [9.17, 15) is 4.79 Å². The summed E-state index contributed by atoms with van der Waals surface area (Å²) in [6.45, 7) is 2.25. The number of amidine groups is 1. The van der Waals surface area contributed by atoms with Crippen LogP contribution in [0.25, 0.3) is 0 Å². The second-order valence-corrected chi connectivity index (χ2v) is 4.86. The quantitative estimate of drug-likeness (QED) is 0.274. The molecule has 0 spiro atoms. The highest BCUT2D eigenvalue weighted by molar-refractivity contribution is 8.13. The summed E-state index contributed by atoms with van der Waals surface area (Å²) in [6.07, 6.45) is 3.62. The number of hydrogen-bond acceptors (Lipinski definition) is 6. The van der Waals surface area contributed by atoms with E-state index >= 15 is 0 Å². The maximum Gasteiger partial charge on any atom is 0.221 e. The Morgan fingerprint density at radius 2 is 2.23 bits per heavy atom. The summed E-state index contributed by atoms with van der Waals surface area (Å²) in [6, 6.07) is 5.11. The molecule has 1 amide bonds. The van der Waals surface area contributed by atoms with Gasteiger partial charge in [-0.15, -0.1) is 0 Å². The van der Waals surface area contributed by atoms with Crippen molar-refractivity contribution in [1.29, 1.82) is 5.26 Å². The van der Waals surface area contributed by atoms with Crippen molar-refractivity contribution in [3.8, 4) is 11.9 Å². The van der Waals surface area contributed by atoms with Crippen molar-refractivity contribution in [2.75, 3.05) is 31.9 Å². The molecule has 0 saturated carbocycles. The molecule has 0 bridgehead atoms. The summed E-state index contributed by atoms with van der Waals surface area (Å²) in [5.74, 6) is 0.362. The molecule has 2 N–H and O–H groups in total. The first-order valence-electron chi connectivity index (χ1n) is 6.42. The zero-order chi connectivity index (χ0) is 16.4. The fourth-order valence-corrected chi connectivity index (χ4v) is 1.86. The van der Waals surface area contributed by atoms with E-state index in [1.807, 2.05) is 6.19 Å². The van der Waals surface area contributed by atoms with Crippen LogP contribution < -0.4 is 15.4 Å². The zero-order valence-electron chi connectivity index (χ0n) is 12.7. The predicted octanol–water partition coefficient (Wildman–Crippen LogP) is 2.09. The fourth-order valence-electron chi connectivity index (χ4n) is 1.52. The highest BCUT2D eigenvalue weighted by Crippen LogP contribution is 2.31. The van der Waals surface area contributed by atoms with E-state index in [0.29, 0.717) is 35.5 Å². The second-order valence-electron chi connectivity index (χ2n) is 4.06. The van der Waals surface area contributed by atoms with Gasteiger partial charge in [0.2, 0.25) is 5.91 Å². The van der Waals surface area contributed by atoms with Gasteiger partial charge in [-0.1, -0.05) is 11.8 Å². The topological polar surface area (TPSA) is 95.7 Å². The molecule has 0 atom stereocenters. The van der Waals surface area contributed by atoms with Crippen LogP contribution in [0.5, 0.6) is 5.75 Å². The highest BCUT2D eigenvalue weighted by atomic mass is 32.2. The molecule has 7 nitrogen and oxygen atoms in total. The van der Waals surface area contributed by atoms with Crippen molar-refractivity contribution in [2.45, 2.75) is 6.92 Å². The summed E-state index contributed by atoms with van der Waals surface area (Å²) in [4.78, 5) is 15.5. The van der Waals surface area contributed by atoms with Gasteiger partial charge in [-0.3, -0.25) is 10.1 Å². The number of thioether (sulfide) groups is 1. The summed E-state index contributed by atoms with van der Waals surface area (Å²) in [5, 5.41) is 14.3. The minimum atomic E-state index is -0.178. The number of nitrogens with zero attached hydrogens (tertiary/aromatic N) is 2. The lowest BCUT2D eigenvalue weighted by Gasteiger charge is -2.11. The maximum absolute atomic E-state index is 11.1. The molecule has 0 saturated heterocycles. The van der Waals surface area contributed by atoms with E-state index in [4.69, 9.17) is 14.7 Å². The average molecular weight is 322 g/mol. The number of carbonyl (C=O) groups excluding carboxylic acids is 1.